The highest BCUT2D eigenvalue weighted by atomic mass is 32.1. The molecule has 0 aliphatic carbocycles. The molecule has 1 aromatic heterocycles. The number of thiophene rings is 1. The number of benzene rings is 1. The van der Waals surface area contributed by atoms with Crippen LogP contribution in [0.2, 0.25) is 0 Å². The first-order valence-electron chi connectivity index (χ1n) is 6.85. The molecule has 104 valence electrons. The molecule has 1 unspecified atom stereocenters. The first-order valence-corrected chi connectivity index (χ1v) is 7.73. The molecule has 1 heterocycles. The highest BCUT2D eigenvalue weighted by molar-refractivity contribution is 7.17. The zero-order chi connectivity index (χ0) is 14.0. The minimum absolute atomic E-state index is 0.0638. The van der Waals surface area contributed by atoms with Crippen LogP contribution in [0, 0.1) is 0 Å². The fraction of sp³-hybridized carbons (Fsp3) is 0.500. The molecular weight excluding hydrogens is 252 g/mol. The van der Waals surface area contributed by atoms with Crippen LogP contribution in [0.1, 0.15) is 32.4 Å². The first-order chi connectivity index (χ1) is 8.98. The van der Waals surface area contributed by atoms with Crippen molar-refractivity contribution in [2.45, 2.75) is 32.4 Å². The van der Waals surface area contributed by atoms with Gasteiger partial charge in [0.05, 0.1) is 6.04 Å². The summed E-state index contributed by atoms with van der Waals surface area (Å²) in [4.78, 5) is 2.30. The van der Waals surface area contributed by atoms with E-state index in [4.69, 9.17) is 0 Å². The Labute approximate surface area is 120 Å². The van der Waals surface area contributed by atoms with Gasteiger partial charge in [-0.05, 0) is 56.9 Å². The van der Waals surface area contributed by atoms with Gasteiger partial charge in [0, 0.05) is 10.2 Å². The van der Waals surface area contributed by atoms with Crippen molar-refractivity contribution in [2.75, 3.05) is 20.6 Å². The maximum absolute atomic E-state index is 3.67. The summed E-state index contributed by atoms with van der Waals surface area (Å²) >= 11 is 1.84. The molecule has 0 aliphatic rings. The van der Waals surface area contributed by atoms with Crippen molar-refractivity contribution < 1.29 is 0 Å². The minimum Gasteiger partial charge on any atom is -0.309 e. The first kappa shape index (κ1) is 14.5. The van der Waals surface area contributed by atoms with E-state index < -0.39 is 0 Å². The zero-order valence-electron chi connectivity index (χ0n) is 12.5. The van der Waals surface area contributed by atoms with E-state index in [0.29, 0.717) is 6.04 Å². The van der Waals surface area contributed by atoms with E-state index in [1.165, 1.54) is 15.6 Å². The van der Waals surface area contributed by atoms with E-state index in [1.807, 2.05) is 11.3 Å². The lowest BCUT2D eigenvalue weighted by Gasteiger charge is -2.41. The summed E-state index contributed by atoms with van der Waals surface area (Å²) in [6, 6.07) is 9.16. The Hall–Kier alpha value is -0.900. The Morgan fingerprint density at radius 2 is 2.00 bits per heavy atom. The maximum atomic E-state index is 3.67. The van der Waals surface area contributed by atoms with Crippen molar-refractivity contribution in [3.05, 3.63) is 35.2 Å². The second-order valence-corrected chi connectivity index (χ2v) is 6.64. The van der Waals surface area contributed by atoms with E-state index in [-0.39, 0.29) is 5.54 Å². The molecule has 2 aromatic rings. The maximum Gasteiger partial charge on any atom is 0.0515 e. The van der Waals surface area contributed by atoms with Gasteiger partial charge in [0.1, 0.15) is 0 Å². The lowest BCUT2D eigenvalue weighted by molar-refractivity contribution is 0.140. The van der Waals surface area contributed by atoms with Gasteiger partial charge >= 0.3 is 0 Å². The molecule has 19 heavy (non-hydrogen) atoms. The molecule has 1 aromatic carbocycles. The van der Waals surface area contributed by atoms with Crippen LogP contribution >= 0.6 is 11.3 Å². The van der Waals surface area contributed by atoms with Crippen molar-refractivity contribution in [1.29, 1.82) is 0 Å². The Balaban J connectivity index is 2.53. The van der Waals surface area contributed by atoms with Crippen LogP contribution in [-0.2, 0) is 0 Å². The van der Waals surface area contributed by atoms with Crippen LogP contribution in [0.25, 0.3) is 10.1 Å². The number of hydrogen-bond acceptors (Lipinski definition) is 3. The molecule has 0 saturated heterocycles. The van der Waals surface area contributed by atoms with E-state index in [0.717, 1.165) is 6.54 Å². The predicted molar refractivity (Wildman–Crippen MR) is 86.0 cm³/mol. The average molecular weight is 276 g/mol. The van der Waals surface area contributed by atoms with Crippen LogP contribution in [0.15, 0.2) is 29.6 Å². The quantitative estimate of drug-likeness (QED) is 0.891. The average Bonchev–Trinajstić information content (AvgIpc) is 2.83. The topological polar surface area (TPSA) is 15.3 Å². The smallest absolute Gasteiger partial charge is 0.0515 e. The number of nitrogens with zero attached hydrogens (tertiary/aromatic N) is 1. The van der Waals surface area contributed by atoms with Gasteiger partial charge in [0.15, 0.2) is 0 Å². The van der Waals surface area contributed by atoms with Gasteiger partial charge in [-0.3, -0.25) is 0 Å². The number of likely N-dealkylation sites (N-methyl/N-ethyl adjacent to an activating group) is 2. The molecule has 0 bridgehead atoms. The Kier molecular flexibility index (Phi) is 4.29. The summed E-state index contributed by atoms with van der Waals surface area (Å²) in [7, 11) is 4.30. The van der Waals surface area contributed by atoms with E-state index in [1.54, 1.807) is 0 Å². The van der Waals surface area contributed by atoms with Gasteiger partial charge in [-0.25, -0.2) is 0 Å². The minimum atomic E-state index is 0.0638. The van der Waals surface area contributed by atoms with Crippen LogP contribution < -0.4 is 5.32 Å². The van der Waals surface area contributed by atoms with E-state index >= 15 is 0 Å². The molecule has 0 amide bonds. The summed E-state index contributed by atoms with van der Waals surface area (Å²) in [5, 5.41) is 7.20. The molecule has 0 aliphatic heterocycles. The number of nitrogens with one attached hydrogen (secondary N) is 1. The third kappa shape index (κ3) is 2.69. The lowest BCUT2D eigenvalue weighted by atomic mass is 9.87. The highest BCUT2D eigenvalue weighted by Gasteiger charge is 2.33. The Bertz CT molecular complexity index is 542. The largest absolute Gasteiger partial charge is 0.309 e. The molecule has 2 rings (SSSR count). The van der Waals surface area contributed by atoms with Crippen molar-refractivity contribution in [1.82, 2.24) is 10.2 Å². The number of fused-ring (bicyclic) bond motifs is 1. The van der Waals surface area contributed by atoms with Gasteiger partial charge in [-0.15, -0.1) is 11.3 Å². The summed E-state index contributed by atoms with van der Waals surface area (Å²) in [6.45, 7) is 7.75. The van der Waals surface area contributed by atoms with Gasteiger partial charge in [0.2, 0.25) is 0 Å². The Morgan fingerprint density at radius 3 is 2.63 bits per heavy atom. The number of rotatable bonds is 5. The number of hydrogen-bond donors (Lipinski definition) is 1. The Morgan fingerprint density at radius 1 is 1.26 bits per heavy atom. The monoisotopic (exact) mass is 276 g/mol. The molecule has 0 saturated carbocycles. The molecule has 0 radical (unpaired) electrons. The third-order valence-corrected chi connectivity index (χ3v) is 5.07. The van der Waals surface area contributed by atoms with Gasteiger partial charge in [0.25, 0.3) is 0 Å². The molecule has 0 spiro atoms. The third-order valence-electron chi connectivity index (χ3n) is 4.09. The zero-order valence-corrected chi connectivity index (χ0v) is 13.3. The lowest BCUT2D eigenvalue weighted by Crippen LogP contribution is -2.49. The SMILES string of the molecule is CCNC(c1cccc2ccsc12)C(C)(C)N(C)C. The van der Waals surface area contributed by atoms with Crippen LogP contribution in [0.3, 0.4) is 0 Å². The van der Waals surface area contributed by atoms with Crippen molar-refractivity contribution in [2.24, 2.45) is 0 Å². The summed E-state index contributed by atoms with van der Waals surface area (Å²) in [6.07, 6.45) is 0. The van der Waals surface area contributed by atoms with Gasteiger partial charge in [-0.2, -0.15) is 0 Å². The molecule has 1 atom stereocenters. The molecular formula is C16H24N2S. The van der Waals surface area contributed by atoms with Gasteiger partial charge < -0.3 is 10.2 Å². The van der Waals surface area contributed by atoms with E-state index in [2.05, 4.69) is 74.7 Å². The van der Waals surface area contributed by atoms with E-state index in [9.17, 15) is 0 Å². The standard InChI is InChI=1S/C16H24N2S/c1-6-17-15(16(2,3)18(4)5)13-9-7-8-12-10-11-19-14(12)13/h7-11,15,17H,6H2,1-5H3. The van der Waals surface area contributed by atoms with Crippen molar-refractivity contribution in [3.8, 4) is 0 Å². The predicted octanol–water partition coefficient (Wildman–Crippen LogP) is 3.89. The normalized spacial score (nSPS) is 14.2. The van der Waals surface area contributed by atoms with Crippen LogP contribution in [-0.4, -0.2) is 31.1 Å². The van der Waals surface area contributed by atoms with Gasteiger partial charge in [-0.1, -0.05) is 25.1 Å². The highest BCUT2D eigenvalue weighted by Crippen LogP contribution is 2.36. The van der Waals surface area contributed by atoms with Crippen molar-refractivity contribution >= 4 is 21.4 Å². The second-order valence-electron chi connectivity index (χ2n) is 5.72. The fourth-order valence-electron chi connectivity index (χ4n) is 2.45. The summed E-state index contributed by atoms with van der Waals surface area (Å²) in [5.41, 5.74) is 1.47. The summed E-state index contributed by atoms with van der Waals surface area (Å²) < 4.78 is 1.41. The molecule has 3 heteroatoms. The molecule has 1 N–H and O–H groups in total. The van der Waals surface area contributed by atoms with Crippen LogP contribution in [0.5, 0.6) is 0 Å². The fourth-order valence-corrected chi connectivity index (χ4v) is 3.39. The summed E-state index contributed by atoms with van der Waals surface area (Å²) in [5.74, 6) is 0. The molecule has 0 fully saturated rings. The molecule has 2 nitrogen and oxygen atoms in total. The van der Waals surface area contributed by atoms with Crippen molar-refractivity contribution in [3.63, 3.8) is 0 Å². The second kappa shape index (κ2) is 5.61. The van der Waals surface area contributed by atoms with Crippen LogP contribution in [0.4, 0.5) is 0 Å².